The quantitative estimate of drug-likeness (QED) is 0.284. The second-order valence-corrected chi connectivity index (χ2v) is 11.0. The van der Waals surface area contributed by atoms with Gasteiger partial charge in [-0.15, -0.1) is 0 Å². The molecule has 0 fully saturated rings. The van der Waals surface area contributed by atoms with Crippen molar-refractivity contribution in [3.8, 4) is 0 Å². The van der Waals surface area contributed by atoms with Crippen LogP contribution in [0.3, 0.4) is 0 Å². The van der Waals surface area contributed by atoms with E-state index in [0.717, 1.165) is 6.07 Å². The van der Waals surface area contributed by atoms with Crippen LogP contribution in [0.4, 0.5) is 17.1 Å². The third kappa shape index (κ3) is 3.80. The highest BCUT2D eigenvalue weighted by Crippen LogP contribution is 2.40. The van der Waals surface area contributed by atoms with E-state index in [1.165, 1.54) is 43.3 Å². The number of benzene rings is 3. The lowest BCUT2D eigenvalue weighted by Gasteiger charge is -2.24. The average Bonchev–Trinajstić information content (AvgIpc) is 2.77. The first-order chi connectivity index (χ1) is 15.5. The number of sulfone groups is 1. The van der Waals surface area contributed by atoms with Gasteiger partial charge in [0.05, 0.1) is 27.5 Å². The molecule has 3 aromatic rings. The van der Waals surface area contributed by atoms with Crippen LogP contribution < -0.4 is 11.1 Å². The molecule has 0 heterocycles. The maximum Gasteiger partial charge on any atom is 0.296 e. The highest BCUT2D eigenvalue weighted by Gasteiger charge is 2.36. The Morgan fingerprint density at radius 1 is 0.879 bits per heavy atom. The Balaban J connectivity index is 2.00. The SMILES string of the molecule is CCS(=O)(=O)c1cccc(Nc2c(S(=O)(=O)O)cc(N)c3c2C(=O)c2ccccc2C3=O)c1. The lowest BCUT2D eigenvalue weighted by Crippen LogP contribution is -2.25. The fourth-order valence-electron chi connectivity index (χ4n) is 3.70. The Bertz CT molecular complexity index is 1560. The number of nitrogens with one attached hydrogen (secondary N) is 1. The van der Waals surface area contributed by atoms with Gasteiger partial charge in [0.2, 0.25) is 0 Å². The molecular weight excluding hydrogens is 468 g/mol. The highest BCUT2D eigenvalue weighted by atomic mass is 32.2. The average molecular weight is 487 g/mol. The predicted molar refractivity (Wildman–Crippen MR) is 121 cm³/mol. The van der Waals surface area contributed by atoms with Crippen LogP contribution >= 0.6 is 0 Å². The van der Waals surface area contributed by atoms with Crippen molar-refractivity contribution in [3.05, 3.63) is 76.9 Å². The monoisotopic (exact) mass is 486 g/mol. The summed E-state index contributed by atoms with van der Waals surface area (Å²) in [5.74, 6) is -1.41. The van der Waals surface area contributed by atoms with Crippen LogP contribution in [0.25, 0.3) is 0 Å². The standard InChI is InChI=1S/C22H18N2O7S2/c1-2-32(27,28)13-7-5-6-12(10-13)24-20-17(33(29,30)31)11-16(23)18-19(20)22(26)15-9-4-3-8-14(15)21(18)25/h3-11,24H,2,23H2,1H3,(H,29,30,31). The van der Waals surface area contributed by atoms with Gasteiger partial charge in [-0.1, -0.05) is 37.3 Å². The number of hydrogen-bond acceptors (Lipinski definition) is 8. The highest BCUT2D eigenvalue weighted by molar-refractivity contribution is 7.91. The molecule has 1 aliphatic rings. The van der Waals surface area contributed by atoms with E-state index in [1.807, 2.05) is 0 Å². The van der Waals surface area contributed by atoms with E-state index in [9.17, 15) is 31.0 Å². The molecule has 1 aliphatic carbocycles. The number of nitrogens with two attached hydrogens (primary N) is 1. The lowest BCUT2D eigenvalue weighted by molar-refractivity contribution is 0.0980. The number of carbonyl (C=O) groups excluding carboxylic acids is 2. The summed E-state index contributed by atoms with van der Waals surface area (Å²) in [6.07, 6.45) is 0. The van der Waals surface area contributed by atoms with Crippen molar-refractivity contribution in [3.63, 3.8) is 0 Å². The Labute approximate surface area is 189 Å². The van der Waals surface area contributed by atoms with E-state index < -0.39 is 36.4 Å². The van der Waals surface area contributed by atoms with E-state index in [4.69, 9.17) is 5.73 Å². The minimum Gasteiger partial charge on any atom is -0.398 e. The smallest absolute Gasteiger partial charge is 0.296 e. The van der Waals surface area contributed by atoms with Gasteiger partial charge in [0, 0.05) is 22.5 Å². The second-order valence-electron chi connectivity index (χ2n) is 7.32. The van der Waals surface area contributed by atoms with Crippen molar-refractivity contribution < 1.29 is 31.0 Å². The van der Waals surface area contributed by atoms with Gasteiger partial charge in [-0.3, -0.25) is 14.1 Å². The maximum absolute atomic E-state index is 13.3. The zero-order valence-electron chi connectivity index (χ0n) is 17.2. The summed E-state index contributed by atoms with van der Waals surface area (Å²) >= 11 is 0. The molecule has 0 amide bonds. The summed E-state index contributed by atoms with van der Waals surface area (Å²) in [5.41, 5.74) is 5.05. The molecule has 0 spiro atoms. The molecule has 4 rings (SSSR count). The van der Waals surface area contributed by atoms with E-state index in [2.05, 4.69) is 5.32 Å². The molecule has 0 saturated carbocycles. The van der Waals surface area contributed by atoms with Crippen LogP contribution in [0.1, 0.15) is 38.8 Å². The number of hydrogen-bond donors (Lipinski definition) is 3. The first kappa shape index (κ1) is 22.6. The van der Waals surface area contributed by atoms with Gasteiger partial charge < -0.3 is 11.1 Å². The van der Waals surface area contributed by atoms with E-state index >= 15 is 0 Å². The zero-order valence-corrected chi connectivity index (χ0v) is 18.8. The molecule has 0 unspecified atom stereocenters. The molecule has 0 saturated heterocycles. The fourth-order valence-corrected chi connectivity index (χ4v) is 5.32. The summed E-state index contributed by atoms with van der Waals surface area (Å²) in [5, 5.41) is 2.72. The molecule has 3 aromatic carbocycles. The normalized spacial score (nSPS) is 13.4. The number of rotatable bonds is 5. The van der Waals surface area contributed by atoms with Crippen LogP contribution in [-0.4, -0.2) is 38.7 Å². The Morgan fingerprint density at radius 2 is 1.48 bits per heavy atom. The molecule has 0 atom stereocenters. The summed E-state index contributed by atoms with van der Waals surface area (Å²) in [6.45, 7) is 1.48. The van der Waals surface area contributed by atoms with Gasteiger partial charge in [-0.05, 0) is 24.3 Å². The van der Waals surface area contributed by atoms with Crippen LogP contribution in [0.2, 0.25) is 0 Å². The van der Waals surface area contributed by atoms with Crippen molar-refractivity contribution in [2.45, 2.75) is 16.7 Å². The topological polar surface area (TPSA) is 161 Å². The lowest BCUT2D eigenvalue weighted by atomic mass is 9.82. The fraction of sp³-hybridized carbons (Fsp3) is 0.0909. The number of nitrogen functional groups attached to an aromatic ring is 1. The third-order valence-electron chi connectivity index (χ3n) is 5.31. The van der Waals surface area contributed by atoms with E-state index in [1.54, 1.807) is 12.1 Å². The van der Waals surface area contributed by atoms with Gasteiger partial charge in [0.1, 0.15) is 4.90 Å². The van der Waals surface area contributed by atoms with Gasteiger partial charge >= 0.3 is 0 Å². The molecule has 0 bridgehead atoms. The number of anilines is 3. The van der Waals surface area contributed by atoms with Crippen LogP contribution in [0.5, 0.6) is 0 Å². The Hall–Kier alpha value is -3.54. The third-order valence-corrected chi connectivity index (χ3v) is 7.92. The molecule has 11 heteroatoms. The number of carbonyl (C=O) groups is 2. The molecule has 0 aliphatic heterocycles. The molecule has 0 radical (unpaired) electrons. The molecule has 170 valence electrons. The maximum atomic E-state index is 13.3. The van der Waals surface area contributed by atoms with Crippen LogP contribution in [-0.2, 0) is 20.0 Å². The Morgan fingerprint density at radius 3 is 2.06 bits per heavy atom. The molecule has 0 aromatic heterocycles. The number of ketones is 2. The van der Waals surface area contributed by atoms with Crippen LogP contribution in [0.15, 0.2) is 64.4 Å². The molecule has 4 N–H and O–H groups in total. The predicted octanol–water partition coefficient (Wildman–Crippen LogP) is 2.83. The molecule has 33 heavy (non-hydrogen) atoms. The first-order valence-corrected chi connectivity index (χ1v) is 12.8. The summed E-state index contributed by atoms with van der Waals surface area (Å²) in [7, 11) is -8.48. The van der Waals surface area contributed by atoms with Gasteiger partial charge in [0.25, 0.3) is 10.1 Å². The van der Waals surface area contributed by atoms with Crippen molar-refractivity contribution >= 4 is 48.6 Å². The van der Waals surface area contributed by atoms with Gasteiger partial charge in [-0.2, -0.15) is 8.42 Å². The van der Waals surface area contributed by atoms with E-state index in [0.29, 0.717) is 0 Å². The van der Waals surface area contributed by atoms with Crippen molar-refractivity contribution in [1.82, 2.24) is 0 Å². The van der Waals surface area contributed by atoms with Crippen molar-refractivity contribution in [2.75, 3.05) is 16.8 Å². The van der Waals surface area contributed by atoms with E-state index in [-0.39, 0.29) is 50.0 Å². The largest absolute Gasteiger partial charge is 0.398 e. The second kappa shape index (κ2) is 7.80. The number of fused-ring (bicyclic) bond motifs is 2. The van der Waals surface area contributed by atoms with Crippen molar-refractivity contribution in [2.24, 2.45) is 0 Å². The first-order valence-electron chi connectivity index (χ1n) is 9.68. The summed E-state index contributed by atoms with van der Waals surface area (Å²) in [6, 6.07) is 12.4. The molecular formula is C22H18N2O7S2. The molecule has 9 nitrogen and oxygen atoms in total. The summed E-state index contributed by atoms with van der Waals surface area (Å²) in [4.78, 5) is 25.7. The van der Waals surface area contributed by atoms with Gasteiger partial charge in [0.15, 0.2) is 21.4 Å². The van der Waals surface area contributed by atoms with Crippen LogP contribution in [0, 0.1) is 0 Å². The minimum atomic E-state index is -4.90. The van der Waals surface area contributed by atoms with Crippen molar-refractivity contribution in [1.29, 1.82) is 0 Å². The Kier molecular flexibility index (Phi) is 5.35. The summed E-state index contributed by atoms with van der Waals surface area (Å²) < 4.78 is 58.7. The van der Waals surface area contributed by atoms with Gasteiger partial charge in [-0.25, -0.2) is 8.42 Å². The zero-order chi connectivity index (χ0) is 24.1. The minimum absolute atomic E-state index is 0.0273.